The van der Waals surface area contributed by atoms with E-state index in [1.165, 1.54) is 99.7 Å². The summed E-state index contributed by atoms with van der Waals surface area (Å²) in [6.07, 6.45) is 23.9. The highest BCUT2D eigenvalue weighted by atomic mass is 16.6. The molecule has 0 aromatic carbocycles. The molecule has 0 aliphatic carbocycles. The molecule has 0 rings (SSSR count). The van der Waals surface area contributed by atoms with Crippen LogP contribution in [0, 0.1) is 0 Å². The Bertz CT molecular complexity index is 1320. The molecule has 384 valence electrons. The van der Waals surface area contributed by atoms with Crippen molar-refractivity contribution in [3.05, 3.63) is 0 Å². The molecule has 18 nitrogen and oxygen atoms in total. The van der Waals surface area contributed by atoms with Gasteiger partial charge in [0.25, 0.3) is 0 Å². The second-order valence-corrected chi connectivity index (χ2v) is 17.8. The van der Waals surface area contributed by atoms with Crippen molar-refractivity contribution in [2.24, 2.45) is 0 Å². The Kier molecular flexibility index (Phi) is 38.7. The summed E-state index contributed by atoms with van der Waals surface area (Å²) >= 11 is 0. The Labute approximate surface area is 395 Å². The van der Waals surface area contributed by atoms with E-state index in [-0.39, 0.29) is 76.7 Å². The third-order valence-corrected chi connectivity index (χ3v) is 11.5. The highest BCUT2D eigenvalue weighted by Crippen LogP contribution is 2.14. The monoisotopic (exact) mass is 944 g/mol. The van der Waals surface area contributed by atoms with E-state index in [0.29, 0.717) is 24.3 Å². The summed E-state index contributed by atoms with van der Waals surface area (Å²) in [6.45, 7) is 2.53. The Hall–Kier alpha value is -4.03. The number of esters is 2. The number of carbonyl (C=O) groups excluding carboxylic acids is 3. The quantitative estimate of drug-likeness (QED) is 0.0353. The van der Waals surface area contributed by atoms with Crippen LogP contribution in [0.25, 0.3) is 0 Å². The number of rotatable bonds is 46. The first kappa shape index (κ1) is 62.0. The Balaban J connectivity index is 5.36. The largest absolute Gasteiger partial charge is 0.480 e. The van der Waals surface area contributed by atoms with Crippen LogP contribution >= 0.6 is 0 Å². The second kappa shape index (κ2) is 41.2. The van der Waals surface area contributed by atoms with Gasteiger partial charge in [0.05, 0.1) is 19.6 Å². The molecule has 0 saturated carbocycles. The van der Waals surface area contributed by atoms with Crippen molar-refractivity contribution in [1.82, 2.24) is 24.5 Å². The van der Waals surface area contributed by atoms with Gasteiger partial charge in [-0.15, -0.1) is 0 Å². The van der Waals surface area contributed by atoms with E-state index < -0.39 is 49.7 Å². The maximum atomic E-state index is 13.4. The average molecular weight is 944 g/mol. The van der Waals surface area contributed by atoms with Crippen LogP contribution < -0.4 is 0 Å². The predicted molar refractivity (Wildman–Crippen MR) is 254 cm³/mol. The third kappa shape index (κ3) is 38.1. The van der Waals surface area contributed by atoms with Crippen LogP contribution in [-0.4, -0.2) is 186 Å². The number of hydrogen-bond donors (Lipinski definition) is 4. The fourth-order valence-corrected chi connectivity index (χ4v) is 7.51. The summed E-state index contributed by atoms with van der Waals surface area (Å²) in [5, 5.41) is 37.2. The van der Waals surface area contributed by atoms with Gasteiger partial charge in [0.2, 0.25) is 5.91 Å². The van der Waals surface area contributed by atoms with Crippen molar-refractivity contribution in [3.8, 4) is 0 Å². The number of likely N-dealkylation sites (N-methyl/N-ethyl adjacent to an activating group) is 2. The lowest BCUT2D eigenvalue weighted by Gasteiger charge is -2.30. The molecule has 1 unspecified atom stereocenters. The highest BCUT2D eigenvalue weighted by Gasteiger charge is 2.23. The second-order valence-electron chi connectivity index (χ2n) is 17.8. The molecule has 2 amide bonds. The fraction of sp³-hybridized carbons (Fsp3) is 0.854. The van der Waals surface area contributed by atoms with Gasteiger partial charge in [-0.3, -0.25) is 43.5 Å². The van der Waals surface area contributed by atoms with Gasteiger partial charge in [0.1, 0.15) is 19.3 Å². The minimum atomic E-state index is -1.47. The lowest BCUT2D eigenvalue weighted by atomic mass is 10.1. The normalized spacial score (nSPS) is 11.8. The van der Waals surface area contributed by atoms with Gasteiger partial charge in [0, 0.05) is 65.7 Å². The van der Waals surface area contributed by atoms with Crippen molar-refractivity contribution < 1.29 is 63.5 Å². The number of amides is 2. The molecule has 0 fully saturated rings. The van der Waals surface area contributed by atoms with E-state index in [4.69, 9.17) is 14.6 Å². The number of nitrogens with zero attached hydrogens (tertiary/aromatic N) is 5. The Morgan fingerprint density at radius 3 is 1.30 bits per heavy atom. The van der Waals surface area contributed by atoms with Crippen LogP contribution in [-0.2, 0) is 38.2 Å². The molecular formula is C48H89N5O13. The molecule has 1 atom stereocenters. The van der Waals surface area contributed by atoms with Crippen LogP contribution in [0.15, 0.2) is 0 Å². The first-order valence-corrected chi connectivity index (χ1v) is 24.9. The molecule has 66 heavy (non-hydrogen) atoms. The van der Waals surface area contributed by atoms with Gasteiger partial charge in [-0.05, 0) is 19.9 Å². The van der Waals surface area contributed by atoms with Gasteiger partial charge in [-0.1, -0.05) is 142 Å². The van der Waals surface area contributed by atoms with Crippen molar-refractivity contribution in [1.29, 1.82) is 0 Å². The molecule has 18 heteroatoms. The molecule has 0 heterocycles. The minimum Gasteiger partial charge on any atom is -0.480 e. The van der Waals surface area contributed by atoms with E-state index in [9.17, 15) is 48.9 Å². The zero-order chi connectivity index (χ0) is 49.4. The lowest BCUT2D eigenvalue weighted by molar-refractivity contribution is -0.160. The molecule has 0 saturated heterocycles. The molecule has 0 aromatic heterocycles. The molecule has 0 radical (unpaired) electrons. The molecule has 0 aliphatic heterocycles. The van der Waals surface area contributed by atoms with Crippen molar-refractivity contribution in [3.63, 3.8) is 0 Å². The Morgan fingerprint density at radius 1 is 0.455 bits per heavy atom. The fourth-order valence-electron chi connectivity index (χ4n) is 7.51. The van der Waals surface area contributed by atoms with Crippen molar-refractivity contribution >= 4 is 41.8 Å². The van der Waals surface area contributed by atoms with Gasteiger partial charge < -0.3 is 39.7 Å². The summed E-state index contributed by atoms with van der Waals surface area (Å²) in [5.41, 5.74) is 0. The molecule has 0 spiro atoms. The zero-order valence-corrected chi connectivity index (χ0v) is 41.2. The number of carboxylic acid groups (broad SMARTS) is 4. The summed E-state index contributed by atoms with van der Waals surface area (Å²) in [4.78, 5) is 91.5. The van der Waals surface area contributed by atoms with E-state index in [2.05, 4.69) is 13.8 Å². The highest BCUT2D eigenvalue weighted by molar-refractivity contribution is 5.78. The molecule has 0 aliphatic rings. The number of carboxylic acids is 3. The van der Waals surface area contributed by atoms with E-state index >= 15 is 0 Å². The zero-order valence-electron chi connectivity index (χ0n) is 41.2. The van der Waals surface area contributed by atoms with Gasteiger partial charge in [-0.25, -0.2) is 4.79 Å². The standard InChI is InChI=1S/C48H89N5O13/c1-5-7-9-11-13-15-17-19-21-23-25-27-46(61)65-40-41(66-47(62)28-26-24-22-20-18-16-14-12-10-8-6-2)35-49(3)29-30-50(4)42(54)36-51(33-34-53(48(63)64)39-45(59)60)31-32-52(37-43(55)56)38-44(57)58/h41H,5-40H2,1-4H3,(H,55,56)(H,57,58)(H,59,60)(H,63,64). The van der Waals surface area contributed by atoms with Gasteiger partial charge in [0.15, 0.2) is 0 Å². The smallest absolute Gasteiger partial charge is 0.407 e. The molecule has 0 bridgehead atoms. The van der Waals surface area contributed by atoms with Crippen LogP contribution in [0.2, 0.25) is 0 Å². The van der Waals surface area contributed by atoms with Crippen molar-refractivity contribution in [2.45, 2.75) is 174 Å². The number of ether oxygens (including phenoxy) is 2. The maximum absolute atomic E-state index is 13.4. The van der Waals surface area contributed by atoms with E-state index in [1.807, 2.05) is 4.90 Å². The first-order chi connectivity index (χ1) is 31.6. The summed E-state index contributed by atoms with van der Waals surface area (Å²) in [6, 6.07) is 0. The average Bonchev–Trinajstić information content (AvgIpc) is 3.25. The van der Waals surface area contributed by atoms with Gasteiger partial charge >= 0.3 is 35.9 Å². The number of carbonyl (C=O) groups is 7. The van der Waals surface area contributed by atoms with E-state index in [1.54, 1.807) is 14.1 Å². The predicted octanol–water partition coefficient (Wildman–Crippen LogP) is 7.07. The van der Waals surface area contributed by atoms with E-state index in [0.717, 1.165) is 49.8 Å². The maximum Gasteiger partial charge on any atom is 0.407 e. The minimum absolute atomic E-state index is 0.00914. The number of unbranched alkanes of at least 4 members (excludes halogenated alkanes) is 20. The molecule has 4 N–H and O–H groups in total. The van der Waals surface area contributed by atoms with Crippen molar-refractivity contribution in [2.75, 3.05) is 92.7 Å². The van der Waals surface area contributed by atoms with Gasteiger partial charge in [-0.2, -0.15) is 0 Å². The summed E-state index contributed by atoms with van der Waals surface area (Å²) in [7, 11) is 3.37. The summed E-state index contributed by atoms with van der Waals surface area (Å²) < 4.78 is 11.5. The lowest BCUT2D eigenvalue weighted by Crippen LogP contribution is -2.48. The third-order valence-electron chi connectivity index (χ3n) is 11.5. The van der Waals surface area contributed by atoms with Crippen LogP contribution in [0.4, 0.5) is 4.79 Å². The van der Waals surface area contributed by atoms with Crippen LogP contribution in [0.5, 0.6) is 0 Å². The summed E-state index contributed by atoms with van der Waals surface area (Å²) in [5.74, 6) is -4.93. The SMILES string of the molecule is CCCCCCCCCCCCCC(=O)OCC(CN(C)CCN(C)C(=O)CN(CCN(CC(=O)O)CC(=O)O)CCN(CC(=O)O)C(=O)O)OC(=O)CCCCCCCCCCCCC. The first-order valence-electron chi connectivity index (χ1n) is 24.9. The number of aliphatic carboxylic acids is 3. The topological polar surface area (TPSA) is 235 Å². The van der Waals surface area contributed by atoms with Crippen LogP contribution in [0.1, 0.15) is 168 Å². The molecule has 0 aromatic rings. The Morgan fingerprint density at radius 2 is 0.864 bits per heavy atom. The number of hydrogen-bond acceptors (Lipinski definition) is 12. The van der Waals surface area contributed by atoms with Crippen LogP contribution in [0.3, 0.4) is 0 Å². The molecular weight excluding hydrogens is 855 g/mol.